The zero-order valence-electron chi connectivity index (χ0n) is 12.1. The van der Waals surface area contributed by atoms with E-state index in [1.165, 1.54) is 13.3 Å². The van der Waals surface area contributed by atoms with Gasteiger partial charge in [0.15, 0.2) is 0 Å². The molecule has 0 radical (unpaired) electrons. The Labute approximate surface area is 154 Å². The number of alkyl halides is 3. The highest BCUT2D eigenvalue weighted by molar-refractivity contribution is 9.10. The number of hydrazone groups is 1. The zero-order chi connectivity index (χ0) is 17.9. The number of halogens is 6. The summed E-state index contributed by atoms with van der Waals surface area (Å²) in [6.07, 6.45) is -3.09. The number of rotatable bonds is 4. The summed E-state index contributed by atoms with van der Waals surface area (Å²) in [4.78, 5) is 0. The van der Waals surface area contributed by atoms with E-state index in [2.05, 4.69) is 26.5 Å². The van der Waals surface area contributed by atoms with Crippen molar-refractivity contribution in [3.05, 3.63) is 56.0 Å². The molecular formula is C15H10BrCl2F3N2O. The molecule has 0 fully saturated rings. The second-order valence-corrected chi connectivity index (χ2v) is 6.30. The SMILES string of the molecule is COc1ccc(Br)cc1/C=N/Nc1c(Cl)cc(C(F)(F)F)cc1Cl. The first-order chi connectivity index (χ1) is 11.2. The Hall–Kier alpha value is -1.44. The minimum absolute atomic E-state index is 0.0801. The maximum Gasteiger partial charge on any atom is 0.416 e. The number of nitrogens with zero attached hydrogens (tertiary/aromatic N) is 1. The molecule has 0 aromatic heterocycles. The van der Waals surface area contributed by atoms with E-state index in [1.807, 2.05) is 0 Å². The normalized spacial score (nSPS) is 11.8. The van der Waals surface area contributed by atoms with Gasteiger partial charge < -0.3 is 4.74 Å². The van der Waals surface area contributed by atoms with Gasteiger partial charge in [-0.3, -0.25) is 5.43 Å². The fraction of sp³-hybridized carbons (Fsp3) is 0.133. The molecule has 0 heterocycles. The minimum Gasteiger partial charge on any atom is -0.496 e. The first kappa shape index (κ1) is 18.9. The van der Waals surface area contributed by atoms with E-state index in [0.717, 1.165) is 16.6 Å². The van der Waals surface area contributed by atoms with Crippen LogP contribution in [0.5, 0.6) is 5.75 Å². The fourth-order valence-electron chi connectivity index (χ4n) is 1.82. The van der Waals surface area contributed by atoms with Gasteiger partial charge >= 0.3 is 6.18 Å². The Morgan fingerprint density at radius 2 is 1.79 bits per heavy atom. The molecule has 0 aliphatic rings. The first-order valence-corrected chi connectivity index (χ1v) is 7.96. The third-order valence-corrected chi connectivity index (χ3v) is 4.03. The summed E-state index contributed by atoms with van der Waals surface area (Å²) < 4.78 is 44.1. The summed E-state index contributed by atoms with van der Waals surface area (Å²) in [7, 11) is 1.51. The van der Waals surface area contributed by atoms with Crippen LogP contribution in [0.1, 0.15) is 11.1 Å². The van der Waals surface area contributed by atoms with Crippen molar-refractivity contribution in [3.8, 4) is 5.75 Å². The second kappa shape index (κ2) is 7.63. The van der Waals surface area contributed by atoms with Crippen molar-refractivity contribution in [2.24, 2.45) is 5.10 Å². The Kier molecular flexibility index (Phi) is 6.01. The van der Waals surface area contributed by atoms with E-state index in [9.17, 15) is 13.2 Å². The van der Waals surface area contributed by atoms with Crippen molar-refractivity contribution < 1.29 is 17.9 Å². The number of benzene rings is 2. The maximum atomic E-state index is 12.7. The van der Waals surface area contributed by atoms with Crippen LogP contribution in [0, 0.1) is 0 Å². The molecule has 24 heavy (non-hydrogen) atoms. The second-order valence-electron chi connectivity index (χ2n) is 4.57. The molecule has 0 aliphatic carbocycles. The lowest BCUT2D eigenvalue weighted by molar-refractivity contribution is -0.137. The molecular weight excluding hydrogens is 432 g/mol. The average molecular weight is 442 g/mol. The van der Waals surface area contributed by atoms with E-state index >= 15 is 0 Å². The number of hydrogen-bond donors (Lipinski definition) is 1. The summed E-state index contributed by atoms with van der Waals surface area (Å²) in [5.41, 5.74) is 2.35. The molecule has 0 saturated carbocycles. The zero-order valence-corrected chi connectivity index (χ0v) is 15.2. The van der Waals surface area contributed by atoms with Crippen LogP contribution in [-0.2, 0) is 6.18 Å². The van der Waals surface area contributed by atoms with Crippen LogP contribution < -0.4 is 10.2 Å². The van der Waals surface area contributed by atoms with Crippen LogP contribution in [0.4, 0.5) is 18.9 Å². The van der Waals surface area contributed by atoms with Gasteiger partial charge in [-0.15, -0.1) is 0 Å². The molecule has 0 aliphatic heterocycles. The third kappa shape index (κ3) is 4.55. The Bertz CT molecular complexity index is 759. The summed E-state index contributed by atoms with van der Waals surface area (Å²) >= 11 is 15.0. The van der Waals surface area contributed by atoms with Crippen molar-refractivity contribution in [2.75, 3.05) is 12.5 Å². The molecule has 0 atom stereocenters. The summed E-state index contributed by atoms with van der Waals surface area (Å²) in [6, 6.07) is 6.87. The lowest BCUT2D eigenvalue weighted by atomic mass is 10.2. The van der Waals surface area contributed by atoms with Crippen molar-refractivity contribution in [2.45, 2.75) is 6.18 Å². The van der Waals surface area contributed by atoms with Gasteiger partial charge in [0.05, 0.1) is 34.6 Å². The lowest BCUT2D eigenvalue weighted by Gasteiger charge is -2.11. The molecule has 1 N–H and O–H groups in total. The molecule has 0 bridgehead atoms. The van der Waals surface area contributed by atoms with Gasteiger partial charge in [-0.25, -0.2) is 0 Å². The van der Waals surface area contributed by atoms with Crippen LogP contribution >= 0.6 is 39.1 Å². The van der Waals surface area contributed by atoms with Crippen molar-refractivity contribution >= 4 is 51.0 Å². The van der Waals surface area contributed by atoms with E-state index < -0.39 is 11.7 Å². The van der Waals surface area contributed by atoms with Gasteiger partial charge in [0.1, 0.15) is 5.75 Å². The van der Waals surface area contributed by atoms with Gasteiger partial charge in [0.2, 0.25) is 0 Å². The van der Waals surface area contributed by atoms with Crippen molar-refractivity contribution in [1.82, 2.24) is 0 Å². The first-order valence-electron chi connectivity index (χ1n) is 6.41. The number of methoxy groups -OCH3 is 1. The van der Waals surface area contributed by atoms with Gasteiger partial charge in [-0.2, -0.15) is 18.3 Å². The highest BCUT2D eigenvalue weighted by atomic mass is 79.9. The van der Waals surface area contributed by atoms with Crippen molar-refractivity contribution in [3.63, 3.8) is 0 Å². The van der Waals surface area contributed by atoms with Crippen LogP contribution in [0.3, 0.4) is 0 Å². The minimum atomic E-state index is -4.53. The van der Waals surface area contributed by atoms with Gasteiger partial charge in [-0.05, 0) is 30.3 Å². The predicted molar refractivity (Wildman–Crippen MR) is 93.4 cm³/mol. The molecule has 2 aromatic rings. The van der Waals surface area contributed by atoms with E-state index in [0.29, 0.717) is 11.3 Å². The topological polar surface area (TPSA) is 33.6 Å². The number of nitrogens with one attached hydrogen (secondary N) is 1. The van der Waals surface area contributed by atoms with Gasteiger partial charge in [0.25, 0.3) is 0 Å². The van der Waals surface area contributed by atoms with E-state index in [-0.39, 0.29) is 15.7 Å². The average Bonchev–Trinajstić information content (AvgIpc) is 2.49. The molecule has 128 valence electrons. The monoisotopic (exact) mass is 440 g/mol. The summed E-state index contributed by atoms with van der Waals surface area (Å²) in [5, 5.41) is 3.58. The molecule has 2 rings (SSSR count). The lowest BCUT2D eigenvalue weighted by Crippen LogP contribution is -2.05. The molecule has 3 nitrogen and oxygen atoms in total. The van der Waals surface area contributed by atoms with Crippen molar-refractivity contribution in [1.29, 1.82) is 0 Å². The van der Waals surface area contributed by atoms with Gasteiger partial charge in [0, 0.05) is 10.0 Å². The smallest absolute Gasteiger partial charge is 0.416 e. The van der Waals surface area contributed by atoms with E-state index in [1.54, 1.807) is 18.2 Å². The highest BCUT2D eigenvalue weighted by Gasteiger charge is 2.32. The predicted octanol–water partition coefficient (Wildman–Crippen LogP) is 6.23. The molecule has 0 amide bonds. The molecule has 0 unspecified atom stereocenters. The Morgan fingerprint density at radius 1 is 1.17 bits per heavy atom. The number of hydrogen-bond acceptors (Lipinski definition) is 3. The molecule has 2 aromatic carbocycles. The third-order valence-electron chi connectivity index (χ3n) is 2.94. The fourth-order valence-corrected chi connectivity index (χ4v) is 2.77. The summed E-state index contributed by atoms with van der Waals surface area (Å²) in [6.45, 7) is 0. The molecule has 0 spiro atoms. The largest absolute Gasteiger partial charge is 0.496 e. The number of ether oxygens (including phenoxy) is 1. The van der Waals surface area contributed by atoms with Crippen LogP contribution in [0.2, 0.25) is 10.0 Å². The molecule has 9 heteroatoms. The Morgan fingerprint density at radius 3 is 2.33 bits per heavy atom. The Balaban J connectivity index is 2.25. The van der Waals surface area contributed by atoms with Crippen LogP contribution in [-0.4, -0.2) is 13.3 Å². The number of anilines is 1. The standard InChI is InChI=1S/C15H10BrCl2F3N2O/c1-24-13-3-2-10(16)4-8(13)7-22-23-14-11(17)5-9(6-12(14)18)15(19,20)21/h2-7,23H,1H3/b22-7+. The van der Waals surface area contributed by atoms with Gasteiger partial charge in [-0.1, -0.05) is 39.1 Å². The maximum absolute atomic E-state index is 12.7. The van der Waals surface area contributed by atoms with Crippen LogP contribution in [0.25, 0.3) is 0 Å². The highest BCUT2D eigenvalue weighted by Crippen LogP contribution is 2.38. The summed E-state index contributed by atoms with van der Waals surface area (Å²) in [5.74, 6) is 0.577. The quantitative estimate of drug-likeness (QED) is 0.450. The van der Waals surface area contributed by atoms with Crippen LogP contribution in [0.15, 0.2) is 39.9 Å². The van der Waals surface area contributed by atoms with E-state index in [4.69, 9.17) is 27.9 Å². The molecule has 0 saturated heterocycles.